The fraction of sp³-hybridized carbons (Fsp3) is 0.0769. The minimum atomic E-state index is -0.355. The molecule has 0 aliphatic carbocycles. The number of ether oxygens (including phenoxy) is 1. The Labute approximate surface area is 93.4 Å². The Morgan fingerprint density at radius 2 is 2.25 bits per heavy atom. The number of nitrogens with zero attached hydrogens (tertiary/aromatic N) is 1. The maximum Gasteiger partial charge on any atom is 0.330 e. The Morgan fingerprint density at radius 1 is 1.38 bits per heavy atom. The van der Waals surface area contributed by atoms with Crippen LogP contribution in [0.3, 0.4) is 0 Å². The van der Waals surface area contributed by atoms with Crippen molar-refractivity contribution in [3.8, 4) is 0 Å². The standard InChI is InChI=1S/C13H11NO2/c1-16-13(15)7-5-10-4-6-12-11(9-10)3-2-8-14-12/h2-9H,1H3/b7-5+. The first-order chi connectivity index (χ1) is 7.79. The molecule has 0 amide bonds. The van der Waals surface area contributed by atoms with Crippen LogP contribution >= 0.6 is 0 Å². The van der Waals surface area contributed by atoms with Gasteiger partial charge in [-0.15, -0.1) is 0 Å². The van der Waals surface area contributed by atoms with E-state index in [0.29, 0.717) is 0 Å². The molecule has 1 aromatic heterocycles. The van der Waals surface area contributed by atoms with E-state index in [2.05, 4.69) is 9.72 Å². The van der Waals surface area contributed by atoms with Gasteiger partial charge in [0.05, 0.1) is 12.6 Å². The van der Waals surface area contributed by atoms with E-state index in [9.17, 15) is 4.79 Å². The molecular formula is C13H11NO2. The van der Waals surface area contributed by atoms with Crippen LogP contribution in [0.5, 0.6) is 0 Å². The van der Waals surface area contributed by atoms with Crippen molar-refractivity contribution in [1.29, 1.82) is 0 Å². The third-order valence-electron chi connectivity index (χ3n) is 2.24. The van der Waals surface area contributed by atoms with Gasteiger partial charge in [0.15, 0.2) is 0 Å². The molecule has 3 heteroatoms. The normalized spacial score (nSPS) is 10.8. The summed E-state index contributed by atoms with van der Waals surface area (Å²) in [7, 11) is 1.36. The van der Waals surface area contributed by atoms with Crippen molar-refractivity contribution >= 4 is 22.9 Å². The summed E-state index contributed by atoms with van der Waals surface area (Å²) in [4.78, 5) is 15.1. The second kappa shape index (κ2) is 4.57. The molecule has 1 heterocycles. The number of rotatable bonds is 2. The highest BCUT2D eigenvalue weighted by Gasteiger charge is 1.95. The summed E-state index contributed by atoms with van der Waals surface area (Å²) in [6, 6.07) is 9.68. The Kier molecular flexibility index (Phi) is 2.96. The zero-order valence-corrected chi connectivity index (χ0v) is 8.88. The lowest BCUT2D eigenvalue weighted by Crippen LogP contribution is -1.93. The number of benzene rings is 1. The Morgan fingerprint density at radius 3 is 3.06 bits per heavy atom. The van der Waals surface area contributed by atoms with Gasteiger partial charge in [-0.05, 0) is 29.8 Å². The molecule has 1 aromatic carbocycles. The fourth-order valence-electron chi connectivity index (χ4n) is 1.43. The average Bonchev–Trinajstić information content (AvgIpc) is 2.35. The lowest BCUT2D eigenvalue weighted by atomic mass is 10.1. The SMILES string of the molecule is COC(=O)/C=C/c1ccc2ncccc2c1. The molecule has 3 nitrogen and oxygen atoms in total. The summed E-state index contributed by atoms with van der Waals surface area (Å²) in [5, 5.41) is 1.05. The van der Waals surface area contributed by atoms with Gasteiger partial charge in [-0.2, -0.15) is 0 Å². The second-order valence-corrected chi connectivity index (χ2v) is 3.31. The van der Waals surface area contributed by atoms with Crippen LogP contribution in [0.4, 0.5) is 0 Å². The van der Waals surface area contributed by atoms with E-state index in [0.717, 1.165) is 16.5 Å². The van der Waals surface area contributed by atoms with Crippen molar-refractivity contribution in [2.24, 2.45) is 0 Å². The molecule has 0 N–H and O–H groups in total. The fourth-order valence-corrected chi connectivity index (χ4v) is 1.43. The van der Waals surface area contributed by atoms with E-state index in [1.807, 2.05) is 30.3 Å². The van der Waals surface area contributed by atoms with Crippen molar-refractivity contribution in [1.82, 2.24) is 4.98 Å². The first-order valence-corrected chi connectivity index (χ1v) is 4.90. The van der Waals surface area contributed by atoms with Gasteiger partial charge >= 0.3 is 5.97 Å². The molecule has 0 aliphatic rings. The highest BCUT2D eigenvalue weighted by atomic mass is 16.5. The topological polar surface area (TPSA) is 39.2 Å². The predicted molar refractivity (Wildman–Crippen MR) is 62.8 cm³/mol. The molecule has 0 spiro atoms. The van der Waals surface area contributed by atoms with E-state index in [1.165, 1.54) is 13.2 Å². The van der Waals surface area contributed by atoms with E-state index in [4.69, 9.17) is 0 Å². The van der Waals surface area contributed by atoms with Gasteiger partial charge < -0.3 is 4.74 Å². The summed E-state index contributed by atoms with van der Waals surface area (Å²) in [6.07, 6.45) is 4.88. The van der Waals surface area contributed by atoms with Crippen LogP contribution in [-0.4, -0.2) is 18.1 Å². The Hall–Kier alpha value is -2.16. The first-order valence-electron chi connectivity index (χ1n) is 4.90. The zero-order chi connectivity index (χ0) is 11.4. The molecule has 0 aliphatic heterocycles. The van der Waals surface area contributed by atoms with Gasteiger partial charge in [-0.3, -0.25) is 4.98 Å². The van der Waals surface area contributed by atoms with Gasteiger partial charge in [0.25, 0.3) is 0 Å². The lowest BCUT2D eigenvalue weighted by Gasteiger charge is -1.98. The number of methoxy groups -OCH3 is 1. The third-order valence-corrected chi connectivity index (χ3v) is 2.24. The first kappa shape index (κ1) is 10.4. The van der Waals surface area contributed by atoms with E-state index >= 15 is 0 Å². The molecule has 2 rings (SSSR count). The summed E-state index contributed by atoms with van der Waals surface area (Å²) < 4.78 is 4.52. The van der Waals surface area contributed by atoms with E-state index in [1.54, 1.807) is 12.3 Å². The summed E-state index contributed by atoms with van der Waals surface area (Å²) in [5.74, 6) is -0.355. The van der Waals surface area contributed by atoms with Gasteiger partial charge in [0, 0.05) is 17.7 Å². The molecule has 80 valence electrons. The van der Waals surface area contributed by atoms with Crippen LogP contribution in [0.1, 0.15) is 5.56 Å². The quantitative estimate of drug-likeness (QED) is 0.568. The largest absolute Gasteiger partial charge is 0.466 e. The lowest BCUT2D eigenvalue weighted by molar-refractivity contribution is -0.134. The maximum absolute atomic E-state index is 10.9. The van der Waals surface area contributed by atoms with Gasteiger partial charge in [-0.1, -0.05) is 12.1 Å². The third kappa shape index (κ3) is 2.25. The number of carbonyl (C=O) groups is 1. The molecule has 0 bridgehead atoms. The van der Waals surface area contributed by atoms with Crippen LogP contribution in [0.25, 0.3) is 17.0 Å². The van der Waals surface area contributed by atoms with Crippen molar-refractivity contribution in [2.45, 2.75) is 0 Å². The Bertz CT molecular complexity index is 546. The summed E-state index contributed by atoms with van der Waals surface area (Å²) >= 11 is 0. The molecule has 0 fully saturated rings. The number of esters is 1. The number of carbonyl (C=O) groups excluding carboxylic acids is 1. The number of aromatic nitrogens is 1. The zero-order valence-electron chi connectivity index (χ0n) is 8.88. The van der Waals surface area contributed by atoms with E-state index < -0.39 is 0 Å². The van der Waals surface area contributed by atoms with Crippen LogP contribution in [-0.2, 0) is 9.53 Å². The predicted octanol–water partition coefficient (Wildman–Crippen LogP) is 2.42. The van der Waals surface area contributed by atoms with Gasteiger partial charge in [0.1, 0.15) is 0 Å². The average molecular weight is 213 g/mol. The van der Waals surface area contributed by atoms with E-state index in [-0.39, 0.29) is 5.97 Å². The monoisotopic (exact) mass is 213 g/mol. The molecule has 16 heavy (non-hydrogen) atoms. The van der Waals surface area contributed by atoms with Crippen molar-refractivity contribution in [2.75, 3.05) is 7.11 Å². The summed E-state index contributed by atoms with van der Waals surface area (Å²) in [6.45, 7) is 0. The minimum Gasteiger partial charge on any atom is -0.466 e. The van der Waals surface area contributed by atoms with Crippen LogP contribution in [0, 0.1) is 0 Å². The molecule has 0 radical (unpaired) electrons. The maximum atomic E-state index is 10.9. The highest BCUT2D eigenvalue weighted by Crippen LogP contribution is 2.14. The summed E-state index contributed by atoms with van der Waals surface area (Å²) in [5.41, 5.74) is 1.89. The molecule has 0 unspecified atom stereocenters. The Balaban J connectivity index is 2.33. The molecule has 0 saturated heterocycles. The number of fused-ring (bicyclic) bond motifs is 1. The number of hydrogen-bond donors (Lipinski definition) is 0. The van der Waals surface area contributed by atoms with Crippen molar-refractivity contribution < 1.29 is 9.53 Å². The minimum absolute atomic E-state index is 0.355. The molecule has 0 saturated carbocycles. The van der Waals surface area contributed by atoms with Crippen LogP contribution < -0.4 is 0 Å². The van der Waals surface area contributed by atoms with Gasteiger partial charge in [-0.25, -0.2) is 4.79 Å². The smallest absolute Gasteiger partial charge is 0.330 e. The number of pyridine rings is 1. The molecule has 0 atom stereocenters. The van der Waals surface area contributed by atoms with Crippen molar-refractivity contribution in [3.05, 3.63) is 48.2 Å². The number of hydrogen-bond acceptors (Lipinski definition) is 3. The van der Waals surface area contributed by atoms with Crippen LogP contribution in [0.15, 0.2) is 42.6 Å². The highest BCUT2D eigenvalue weighted by molar-refractivity contribution is 5.88. The van der Waals surface area contributed by atoms with Gasteiger partial charge in [0.2, 0.25) is 0 Å². The van der Waals surface area contributed by atoms with Crippen LogP contribution in [0.2, 0.25) is 0 Å². The second-order valence-electron chi connectivity index (χ2n) is 3.31. The van der Waals surface area contributed by atoms with Crippen molar-refractivity contribution in [3.63, 3.8) is 0 Å². The molecular weight excluding hydrogens is 202 g/mol. The molecule has 2 aromatic rings.